The summed E-state index contributed by atoms with van der Waals surface area (Å²) in [6, 6.07) is 9.65. The van der Waals surface area contributed by atoms with Gasteiger partial charge in [-0.05, 0) is 20.8 Å². The lowest BCUT2D eigenvalue weighted by molar-refractivity contribution is 0.0957. The lowest BCUT2D eigenvalue weighted by Gasteiger charge is -2.20. The van der Waals surface area contributed by atoms with Crippen LogP contribution >= 0.6 is 0 Å². The van der Waals surface area contributed by atoms with Crippen LogP contribution in [0.4, 0.5) is 0 Å². The fourth-order valence-electron chi connectivity index (χ4n) is 1.90. The Bertz CT molecular complexity index is 364. The SMILES string of the molecule is CC(C)(C)N1CC1C(=O)c1ccccc1. The molecule has 0 saturated carbocycles. The summed E-state index contributed by atoms with van der Waals surface area (Å²) in [4.78, 5) is 14.2. The van der Waals surface area contributed by atoms with Crippen LogP contribution in [0, 0.1) is 0 Å². The van der Waals surface area contributed by atoms with Crippen LogP contribution in [0.2, 0.25) is 0 Å². The van der Waals surface area contributed by atoms with E-state index in [0.717, 1.165) is 12.1 Å². The number of hydrogen-bond donors (Lipinski definition) is 0. The Morgan fingerprint density at radius 2 is 1.87 bits per heavy atom. The zero-order chi connectivity index (χ0) is 11.1. The maximum absolute atomic E-state index is 12.0. The van der Waals surface area contributed by atoms with Crippen LogP contribution in [0.15, 0.2) is 30.3 Å². The molecular weight excluding hydrogens is 186 g/mol. The van der Waals surface area contributed by atoms with Crippen molar-refractivity contribution >= 4 is 5.78 Å². The van der Waals surface area contributed by atoms with Crippen LogP contribution in [-0.4, -0.2) is 28.8 Å². The first kappa shape index (κ1) is 10.4. The Balaban J connectivity index is 2.07. The van der Waals surface area contributed by atoms with Crippen LogP contribution in [-0.2, 0) is 0 Å². The lowest BCUT2D eigenvalue weighted by Crippen LogP contribution is -2.29. The first-order valence-corrected chi connectivity index (χ1v) is 5.36. The molecule has 1 fully saturated rings. The lowest BCUT2D eigenvalue weighted by atomic mass is 10.1. The minimum atomic E-state index is 0.104. The normalized spacial score (nSPS) is 25.0. The Morgan fingerprint density at radius 3 is 2.33 bits per heavy atom. The van der Waals surface area contributed by atoms with Crippen molar-refractivity contribution in [2.75, 3.05) is 6.54 Å². The summed E-state index contributed by atoms with van der Waals surface area (Å²) in [5.41, 5.74) is 0.934. The van der Waals surface area contributed by atoms with Gasteiger partial charge in [-0.1, -0.05) is 30.3 Å². The molecule has 0 aromatic heterocycles. The van der Waals surface area contributed by atoms with Crippen molar-refractivity contribution in [1.29, 1.82) is 0 Å². The van der Waals surface area contributed by atoms with Crippen LogP contribution < -0.4 is 0 Å². The van der Waals surface area contributed by atoms with Gasteiger partial charge in [0.2, 0.25) is 0 Å². The largest absolute Gasteiger partial charge is 0.292 e. The molecule has 0 radical (unpaired) electrons. The van der Waals surface area contributed by atoms with Gasteiger partial charge in [-0.3, -0.25) is 9.69 Å². The summed E-state index contributed by atoms with van der Waals surface area (Å²) in [6.07, 6.45) is 0. The van der Waals surface area contributed by atoms with Gasteiger partial charge in [0.15, 0.2) is 5.78 Å². The summed E-state index contributed by atoms with van der Waals surface area (Å²) in [5.74, 6) is 0.255. The highest BCUT2D eigenvalue weighted by atomic mass is 16.1. The molecule has 1 aliphatic heterocycles. The van der Waals surface area contributed by atoms with E-state index in [0.29, 0.717) is 0 Å². The molecule has 80 valence electrons. The van der Waals surface area contributed by atoms with Crippen LogP contribution in [0.5, 0.6) is 0 Å². The fraction of sp³-hybridized carbons (Fsp3) is 0.462. The highest BCUT2D eigenvalue weighted by Crippen LogP contribution is 2.31. The Hall–Kier alpha value is -1.15. The van der Waals surface area contributed by atoms with E-state index in [2.05, 4.69) is 25.7 Å². The second-order valence-electron chi connectivity index (χ2n) is 5.07. The third kappa shape index (κ3) is 2.10. The number of Topliss-reactive ketones (excluding diaryl/α,β-unsaturated/α-hetero) is 1. The van der Waals surface area contributed by atoms with Crippen LogP contribution in [0.25, 0.3) is 0 Å². The molecule has 1 saturated heterocycles. The molecule has 0 bridgehead atoms. The first-order valence-electron chi connectivity index (χ1n) is 5.36. The fourth-order valence-corrected chi connectivity index (χ4v) is 1.90. The van der Waals surface area contributed by atoms with Gasteiger partial charge in [0.05, 0.1) is 6.04 Å². The van der Waals surface area contributed by atoms with E-state index < -0.39 is 0 Å². The molecule has 2 rings (SSSR count). The highest BCUT2D eigenvalue weighted by Gasteiger charge is 2.46. The van der Waals surface area contributed by atoms with Gasteiger partial charge >= 0.3 is 0 Å². The molecule has 0 aliphatic carbocycles. The molecule has 1 heterocycles. The van der Waals surface area contributed by atoms with E-state index in [1.54, 1.807) is 0 Å². The second kappa shape index (κ2) is 3.46. The van der Waals surface area contributed by atoms with Gasteiger partial charge in [-0.2, -0.15) is 0 Å². The number of rotatable bonds is 2. The molecule has 2 atom stereocenters. The molecule has 1 aromatic rings. The Labute approximate surface area is 90.9 Å². The molecule has 0 N–H and O–H groups in total. The number of benzene rings is 1. The average Bonchev–Trinajstić information content (AvgIpc) is 2.97. The number of hydrogen-bond acceptors (Lipinski definition) is 2. The van der Waals surface area contributed by atoms with Crippen molar-refractivity contribution in [1.82, 2.24) is 4.90 Å². The first-order chi connectivity index (χ1) is 7.00. The van der Waals surface area contributed by atoms with Gasteiger partial charge in [-0.25, -0.2) is 0 Å². The van der Waals surface area contributed by atoms with Crippen LogP contribution in [0.3, 0.4) is 0 Å². The topological polar surface area (TPSA) is 20.1 Å². The van der Waals surface area contributed by atoms with E-state index in [1.807, 2.05) is 30.3 Å². The standard InChI is InChI=1S/C13H17NO/c1-13(2,3)14-9-11(14)12(15)10-7-5-4-6-8-10/h4-8,11H,9H2,1-3H3. The van der Waals surface area contributed by atoms with Gasteiger partial charge in [0.1, 0.15) is 0 Å². The van der Waals surface area contributed by atoms with E-state index >= 15 is 0 Å². The quantitative estimate of drug-likeness (QED) is 0.543. The van der Waals surface area contributed by atoms with E-state index in [1.165, 1.54) is 0 Å². The molecule has 0 amide bonds. The van der Waals surface area contributed by atoms with Gasteiger partial charge in [0, 0.05) is 17.6 Å². The van der Waals surface area contributed by atoms with Gasteiger partial charge in [-0.15, -0.1) is 0 Å². The average molecular weight is 203 g/mol. The molecule has 2 heteroatoms. The molecule has 2 unspecified atom stereocenters. The molecule has 1 aromatic carbocycles. The number of nitrogens with zero attached hydrogens (tertiary/aromatic N) is 1. The van der Waals surface area contributed by atoms with E-state index in [9.17, 15) is 4.79 Å². The summed E-state index contributed by atoms with van der Waals surface area (Å²) in [5, 5.41) is 0. The number of ketones is 1. The maximum Gasteiger partial charge on any atom is 0.181 e. The summed E-state index contributed by atoms with van der Waals surface area (Å²) in [6.45, 7) is 7.33. The van der Waals surface area contributed by atoms with Crippen molar-refractivity contribution in [3.05, 3.63) is 35.9 Å². The zero-order valence-corrected chi connectivity index (χ0v) is 9.53. The monoisotopic (exact) mass is 203 g/mol. The van der Waals surface area contributed by atoms with Gasteiger partial charge in [0.25, 0.3) is 0 Å². The van der Waals surface area contributed by atoms with E-state index in [-0.39, 0.29) is 17.4 Å². The smallest absolute Gasteiger partial charge is 0.181 e. The minimum Gasteiger partial charge on any atom is -0.292 e. The van der Waals surface area contributed by atoms with Gasteiger partial charge < -0.3 is 0 Å². The van der Waals surface area contributed by atoms with Crippen molar-refractivity contribution in [2.45, 2.75) is 32.4 Å². The zero-order valence-electron chi connectivity index (χ0n) is 9.53. The minimum absolute atomic E-state index is 0.104. The van der Waals surface area contributed by atoms with Crippen molar-refractivity contribution in [3.8, 4) is 0 Å². The number of carbonyl (C=O) groups excluding carboxylic acids is 1. The van der Waals surface area contributed by atoms with Crippen molar-refractivity contribution < 1.29 is 4.79 Å². The molecule has 15 heavy (non-hydrogen) atoms. The van der Waals surface area contributed by atoms with Crippen molar-refractivity contribution in [2.24, 2.45) is 0 Å². The molecular formula is C13H17NO. The molecule has 0 spiro atoms. The summed E-state index contributed by atoms with van der Waals surface area (Å²) >= 11 is 0. The summed E-state index contributed by atoms with van der Waals surface area (Å²) < 4.78 is 0. The third-order valence-electron chi connectivity index (χ3n) is 2.83. The second-order valence-corrected chi connectivity index (χ2v) is 5.07. The third-order valence-corrected chi connectivity index (χ3v) is 2.83. The van der Waals surface area contributed by atoms with E-state index in [4.69, 9.17) is 0 Å². The van der Waals surface area contributed by atoms with Crippen molar-refractivity contribution in [3.63, 3.8) is 0 Å². The predicted molar refractivity (Wildman–Crippen MR) is 61.0 cm³/mol. The maximum atomic E-state index is 12.0. The molecule has 2 nitrogen and oxygen atoms in total. The predicted octanol–water partition coefficient (Wildman–Crippen LogP) is 2.35. The molecule has 1 aliphatic rings. The highest BCUT2D eigenvalue weighted by molar-refractivity contribution is 6.02. The Morgan fingerprint density at radius 1 is 1.27 bits per heavy atom. The van der Waals surface area contributed by atoms with Crippen LogP contribution in [0.1, 0.15) is 31.1 Å². The number of carbonyl (C=O) groups is 1. The summed E-state index contributed by atoms with van der Waals surface area (Å²) in [7, 11) is 0. The Kier molecular flexibility index (Phi) is 2.39.